The molecule has 0 aromatic carbocycles. The van der Waals surface area contributed by atoms with E-state index in [4.69, 9.17) is 22.1 Å². The Morgan fingerprint density at radius 1 is 1.21 bits per heavy atom. The van der Waals surface area contributed by atoms with Gasteiger partial charge in [0.15, 0.2) is 0 Å². The maximum absolute atomic E-state index is 12.3. The van der Waals surface area contributed by atoms with Crippen LogP contribution in [0.5, 0.6) is 0 Å². The lowest BCUT2D eigenvalue weighted by Crippen LogP contribution is -2.32. The molecule has 1 aromatic rings. The number of hydrogen-bond acceptors (Lipinski definition) is 5. The fourth-order valence-corrected chi connectivity index (χ4v) is 2.86. The van der Waals surface area contributed by atoms with Crippen LogP contribution in [0.1, 0.15) is 12.8 Å². The average Bonchev–Trinajstić information content (AvgIpc) is 2.39. The van der Waals surface area contributed by atoms with Gasteiger partial charge in [0, 0.05) is 32.1 Å². The molecule has 0 radical (unpaired) electrons. The molecule has 0 bridgehead atoms. The minimum atomic E-state index is -3.75. The molecular weight excluding hydrogens is 288 g/mol. The van der Waals surface area contributed by atoms with Crippen LogP contribution in [0, 0.1) is 22.7 Å². The normalized spacial score (nSPS) is 10.9. The Hall–Kier alpha value is -1.67. The lowest BCUT2D eigenvalue weighted by Gasteiger charge is -2.19. The summed E-state index contributed by atoms with van der Waals surface area (Å²) < 4.78 is 25.7. The van der Waals surface area contributed by atoms with Crippen LogP contribution in [0.2, 0.25) is 5.15 Å². The van der Waals surface area contributed by atoms with E-state index in [1.165, 1.54) is 12.1 Å². The Morgan fingerprint density at radius 3 is 2.21 bits per heavy atom. The quantitative estimate of drug-likeness (QED) is 0.742. The van der Waals surface area contributed by atoms with E-state index in [1.54, 1.807) is 0 Å². The smallest absolute Gasteiger partial charge is 0.243 e. The Kier molecular flexibility index (Phi) is 5.71. The van der Waals surface area contributed by atoms with E-state index in [9.17, 15) is 8.42 Å². The van der Waals surface area contributed by atoms with Gasteiger partial charge in [0.25, 0.3) is 0 Å². The zero-order valence-electron chi connectivity index (χ0n) is 9.95. The highest BCUT2D eigenvalue weighted by Gasteiger charge is 2.24. The molecule has 0 N–H and O–H groups in total. The van der Waals surface area contributed by atoms with Crippen LogP contribution in [-0.2, 0) is 10.0 Å². The van der Waals surface area contributed by atoms with Crippen LogP contribution < -0.4 is 0 Å². The predicted octanol–water partition coefficient (Wildman–Crippen LogP) is 1.55. The molecule has 0 atom stereocenters. The highest BCUT2D eigenvalue weighted by atomic mass is 35.5. The summed E-state index contributed by atoms with van der Waals surface area (Å²) in [7, 11) is -3.75. The first-order chi connectivity index (χ1) is 9.02. The van der Waals surface area contributed by atoms with Gasteiger partial charge in [-0.1, -0.05) is 11.6 Å². The van der Waals surface area contributed by atoms with Gasteiger partial charge >= 0.3 is 0 Å². The molecule has 0 amide bonds. The molecule has 0 spiro atoms. The highest BCUT2D eigenvalue weighted by molar-refractivity contribution is 7.89. The van der Waals surface area contributed by atoms with Crippen molar-refractivity contribution in [3.8, 4) is 12.1 Å². The molecule has 1 heterocycles. The van der Waals surface area contributed by atoms with Crippen LogP contribution >= 0.6 is 11.6 Å². The topological polar surface area (TPSA) is 97.9 Å². The molecule has 0 aliphatic carbocycles. The van der Waals surface area contributed by atoms with Crippen LogP contribution in [0.3, 0.4) is 0 Å². The van der Waals surface area contributed by atoms with Crippen LogP contribution in [0.25, 0.3) is 0 Å². The summed E-state index contributed by atoms with van der Waals surface area (Å²) in [6.45, 7) is 0.0896. The van der Waals surface area contributed by atoms with E-state index >= 15 is 0 Å². The minimum absolute atomic E-state index is 0.00669. The number of sulfonamides is 1. The van der Waals surface area contributed by atoms with Gasteiger partial charge in [-0.3, -0.25) is 0 Å². The van der Waals surface area contributed by atoms with E-state index in [1.807, 2.05) is 12.1 Å². The Labute approximate surface area is 116 Å². The van der Waals surface area contributed by atoms with Gasteiger partial charge in [-0.25, -0.2) is 13.4 Å². The minimum Gasteiger partial charge on any atom is -0.243 e. The van der Waals surface area contributed by atoms with Crippen LogP contribution in [-0.4, -0.2) is 30.8 Å². The third-order valence-corrected chi connectivity index (χ3v) is 4.39. The summed E-state index contributed by atoms with van der Waals surface area (Å²) in [4.78, 5) is 3.71. The van der Waals surface area contributed by atoms with E-state index < -0.39 is 10.0 Å². The maximum Gasteiger partial charge on any atom is 0.244 e. The van der Waals surface area contributed by atoms with E-state index in [0.29, 0.717) is 0 Å². The summed E-state index contributed by atoms with van der Waals surface area (Å²) in [5, 5.41) is 17.3. The first-order valence-electron chi connectivity index (χ1n) is 5.38. The fraction of sp³-hybridized carbons (Fsp3) is 0.364. The fourth-order valence-electron chi connectivity index (χ4n) is 1.37. The summed E-state index contributed by atoms with van der Waals surface area (Å²) in [5.41, 5.74) is 0. The number of pyridine rings is 1. The summed E-state index contributed by atoms with van der Waals surface area (Å²) >= 11 is 5.60. The number of aromatic nitrogens is 1. The molecule has 0 fully saturated rings. The second kappa shape index (κ2) is 7.05. The van der Waals surface area contributed by atoms with E-state index in [2.05, 4.69) is 4.98 Å². The number of halogens is 1. The average molecular weight is 299 g/mol. The molecule has 100 valence electrons. The molecule has 0 unspecified atom stereocenters. The first-order valence-corrected chi connectivity index (χ1v) is 7.19. The molecular formula is C11H11ClN4O2S. The van der Waals surface area contributed by atoms with Crippen LogP contribution in [0.4, 0.5) is 0 Å². The standard InChI is InChI=1S/C11H11ClN4O2S/c12-11-4-3-10(9-15-11)19(17,18)16(7-1-5-13)8-2-6-14/h3-4,9H,1-2,7-8H2. The molecule has 1 rings (SSSR count). The maximum atomic E-state index is 12.3. The summed E-state index contributed by atoms with van der Waals surface area (Å²) in [5.74, 6) is 0. The molecule has 0 saturated heterocycles. The Morgan fingerprint density at radius 2 is 1.79 bits per heavy atom. The molecule has 0 saturated carbocycles. The third-order valence-electron chi connectivity index (χ3n) is 2.28. The number of rotatable bonds is 6. The Balaban J connectivity index is 3.01. The van der Waals surface area contributed by atoms with Gasteiger partial charge in [0.1, 0.15) is 10.0 Å². The molecule has 0 aliphatic rings. The first kappa shape index (κ1) is 15.4. The lowest BCUT2D eigenvalue weighted by atomic mass is 10.4. The molecule has 1 aromatic heterocycles. The monoisotopic (exact) mass is 298 g/mol. The van der Waals surface area contributed by atoms with Crippen molar-refractivity contribution in [1.29, 1.82) is 10.5 Å². The molecule has 0 aliphatic heterocycles. The third kappa shape index (κ3) is 4.18. The SMILES string of the molecule is N#CCCN(CCC#N)S(=O)(=O)c1ccc(Cl)nc1. The molecule has 19 heavy (non-hydrogen) atoms. The summed E-state index contributed by atoms with van der Waals surface area (Å²) in [6.07, 6.45) is 1.28. The van der Waals surface area contributed by atoms with E-state index in [-0.39, 0.29) is 36.0 Å². The van der Waals surface area contributed by atoms with Crippen molar-refractivity contribution >= 4 is 21.6 Å². The zero-order chi connectivity index (χ0) is 14.3. The Bertz CT molecular complexity index is 583. The van der Waals surface area contributed by atoms with Crippen molar-refractivity contribution in [2.24, 2.45) is 0 Å². The second-order valence-corrected chi connectivity index (χ2v) is 5.86. The second-order valence-electron chi connectivity index (χ2n) is 3.54. The van der Waals surface area contributed by atoms with Crippen molar-refractivity contribution in [2.75, 3.05) is 13.1 Å². The van der Waals surface area contributed by atoms with Gasteiger partial charge in [0.05, 0.1) is 12.1 Å². The van der Waals surface area contributed by atoms with Gasteiger partial charge in [0.2, 0.25) is 10.0 Å². The van der Waals surface area contributed by atoms with Crippen molar-refractivity contribution < 1.29 is 8.42 Å². The van der Waals surface area contributed by atoms with Crippen molar-refractivity contribution in [1.82, 2.24) is 9.29 Å². The molecule has 6 nitrogen and oxygen atoms in total. The number of hydrogen-bond donors (Lipinski definition) is 0. The van der Waals surface area contributed by atoms with Crippen LogP contribution in [0.15, 0.2) is 23.2 Å². The van der Waals surface area contributed by atoms with E-state index in [0.717, 1.165) is 10.5 Å². The van der Waals surface area contributed by atoms with Gasteiger partial charge in [-0.05, 0) is 12.1 Å². The highest BCUT2D eigenvalue weighted by Crippen LogP contribution is 2.17. The number of nitrogens with zero attached hydrogens (tertiary/aromatic N) is 4. The lowest BCUT2D eigenvalue weighted by molar-refractivity contribution is 0.424. The zero-order valence-corrected chi connectivity index (χ0v) is 11.5. The van der Waals surface area contributed by atoms with Gasteiger partial charge in [-0.15, -0.1) is 0 Å². The van der Waals surface area contributed by atoms with Crippen molar-refractivity contribution in [3.63, 3.8) is 0 Å². The predicted molar refractivity (Wildman–Crippen MR) is 68.5 cm³/mol. The number of nitriles is 2. The van der Waals surface area contributed by atoms with Gasteiger partial charge < -0.3 is 0 Å². The van der Waals surface area contributed by atoms with Crippen molar-refractivity contribution in [3.05, 3.63) is 23.5 Å². The largest absolute Gasteiger partial charge is 0.244 e. The van der Waals surface area contributed by atoms with Crippen molar-refractivity contribution in [2.45, 2.75) is 17.7 Å². The summed E-state index contributed by atoms with van der Waals surface area (Å²) in [6, 6.07) is 6.48. The van der Waals surface area contributed by atoms with Gasteiger partial charge in [-0.2, -0.15) is 14.8 Å². The molecule has 8 heteroatoms.